The van der Waals surface area contributed by atoms with Gasteiger partial charge >= 0.3 is 0 Å². The highest BCUT2D eigenvalue weighted by Crippen LogP contribution is 2.50. The van der Waals surface area contributed by atoms with Gasteiger partial charge < -0.3 is 29.0 Å². The number of aryl methyl sites for hydroxylation is 3. The van der Waals surface area contributed by atoms with Crippen LogP contribution in [0.25, 0.3) is 66.1 Å². The predicted molar refractivity (Wildman–Crippen MR) is 328 cm³/mol. The van der Waals surface area contributed by atoms with Gasteiger partial charge in [0.05, 0.1) is 33.4 Å². The predicted octanol–water partition coefficient (Wildman–Crippen LogP) is 10.0. The molecule has 0 bridgehead atoms. The van der Waals surface area contributed by atoms with E-state index in [0.29, 0.717) is 33.4 Å². The van der Waals surface area contributed by atoms with Crippen molar-refractivity contribution in [1.82, 2.24) is 13.7 Å². The summed E-state index contributed by atoms with van der Waals surface area (Å²) in [7, 11) is 11.8. The monoisotopic (exact) mass is 1100 g/mol. The second-order valence-corrected chi connectivity index (χ2v) is 22.4. The Hall–Kier alpha value is -10.2. The van der Waals surface area contributed by atoms with Crippen LogP contribution in [0.4, 0.5) is 17.1 Å². The average molecular weight is 1110 g/mol. The van der Waals surface area contributed by atoms with Gasteiger partial charge in [-0.2, -0.15) is 13.7 Å². The number of ketones is 3. The van der Waals surface area contributed by atoms with Crippen molar-refractivity contribution >= 4 is 118 Å². The lowest BCUT2D eigenvalue weighted by atomic mass is 9.78. The summed E-state index contributed by atoms with van der Waals surface area (Å²) < 4.78 is 12.2. The number of hydrogen-bond donors (Lipinski definition) is 0. The van der Waals surface area contributed by atoms with E-state index in [1.54, 1.807) is 0 Å². The minimum absolute atomic E-state index is 0.149. The number of benzene rings is 6. The van der Waals surface area contributed by atoms with Gasteiger partial charge in [0.25, 0.3) is 0 Å². The van der Waals surface area contributed by atoms with Gasteiger partial charge in [0.15, 0.2) is 34.5 Å². The molecule has 3 aliphatic carbocycles. The van der Waals surface area contributed by atoms with Gasteiger partial charge in [0.1, 0.15) is 21.1 Å². The second kappa shape index (κ2) is 19.2. The quantitative estimate of drug-likeness (QED) is 0.127. The number of hydrogen-bond acceptors (Lipinski definition) is 6. The molecular formula is C72H60N6O6. The highest BCUT2D eigenvalue weighted by atomic mass is 16.3. The largest absolute Gasteiger partial charge is 0.871 e. The number of para-hydroxylation sites is 6. The lowest BCUT2D eigenvalue weighted by Crippen LogP contribution is -2.31. The zero-order valence-corrected chi connectivity index (χ0v) is 49.0. The molecule has 15 rings (SSSR count). The summed E-state index contributed by atoms with van der Waals surface area (Å²) >= 11 is 0. The molecule has 12 heteroatoms. The molecule has 84 heavy (non-hydrogen) atoms. The Morgan fingerprint density at radius 3 is 0.786 bits per heavy atom. The van der Waals surface area contributed by atoms with Crippen LogP contribution < -0.4 is 15.3 Å². The van der Waals surface area contributed by atoms with E-state index in [2.05, 4.69) is 0 Å². The van der Waals surface area contributed by atoms with E-state index < -0.39 is 0 Å². The van der Waals surface area contributed by atoms with Crippen LogP contribution in [0.3, 0.4) is 0 Å². The molecule has 12 nitrogen and oxygen atoms in total. The van der Waals surface area contributed by atoms with Crippen molar-refractivity contribution in [3.63, 3.8) is 0 Å². The first-order chi connectivity index (χ1) is 40.3. The molecule has 0 fully saturated rings. The van der Waals surface area contributed by atoms with Crippen LogP contribution in [0, 0.1) is 20.8 Å². The van der Waals surface area contributed by atoms with E-state index in [9.17, 15) is 29.7 Å². The van der Waals surface area contributed by atoms with E-state index >= 15 is 0 Å². The Morgan fingerprint density at radius 2 is 0.536 bits per heavy atom. The summed E-state index contributed by atoms with van der Waals surface area (Å²) in [6, 6.07) is 47.4. The molecule has 3 aromatic heterocycles. The average Bonchev–Trinajstić information content (AvgIpc) is 4.25. The van der Waals surface area contributed by atoms with Crippen LogP contribution in [-0.2, 0) is 35.5 Å². The van der Waals surface area contributed by atoms with Crippen molar-refractivity contribution in [3.8, 4) is 0 Å². The zero-order valence-electron chi connectivity index (χ0n) is 49.0. The molecule has 0 spiro atoms. The van der Waals surface area contributed by atoms with Crippen molar-refractivity contribution in [2.45, 2.75) is 41.5 Å². The zero-order chi connectivity index (χ0) is 59.2. The Balaban J connectivity index is 0.000000118. The highest BCUT2D eigenvalue weighted by Gasteiger charge is 2.43. The normalized spacial score (nSPS) is 18.9. The lowest BCUT2D eigenvalue weighted by Gasteiger charge is -2.32. The molecule has 0 N–H and O–H groups in total. The maximum atomic E-state index is 13.3. The maximum Gasteiger partial charge on any atom is 0.213 e. The van der Waals surface area contributed by atoms with E-state index in [0.717, 1.165) is 134 Å². The van der Waals surface area contributed by atoms with E-state index in [1.807, 2.05) is 257 Å². The first kappa shape index (κ1) is 53.1. The first-order valence-electron chi connectivity index (χ1n) is 28.1. The standard InChI is InChI=1S/3C24H20N2O2/c3*1-13-19(15-9-5-7-11-17(15)25(13)3)21-23(27)22(24(21)28)20-14(2)26(4)18-12-8-6-10-16(18)20/h3*5-12H,1-4H3. The van der Waals surface area contributed by atoms with Crippen LogP contribution in [0.2, 0.25) is 0 Å². The van der Waals surface area contributed by atoms with Crippen molar-refractivity contribution in [2.75, 3.05) is 21.1 Å². The topological polar surface area (TPSA) is 144 Å². The molecule has 6 aliphatic rings. The number of aromatic nitrogens is 3. The van der Waals surface area contributed by atoms with Gasteiger partial charge in [0, 0.05) is 160 Å². The minimum Gasteiger partial charge on any atom is -0.871 e. The Morgan fingerprint density at radius 1 is 0.310 bits per heavy atom. The van der Waals surface area contributed by atoms with E-state index in [1.165, 1.54) is 0 Å². The molecule has 6 aromatic carbocycles. The molecule has 0 atom stereocenters. The summed E-state index contributed by atoms with van der Waals surface area (Å²) in [5, 5.41) is 42.7. The summed E-state index contributed by atoms with van der Waals surface area (Å²) in [6.07, 6.45) is 0. The molecule has 0 saturated heterocycles. The Labute approximate surface area is 486 Å². The maximum absolute atomic E-state index is 13.3. The molecule has 0 radical (unpaired) electrons. The van der Waals surface area contributed by atoms with Gasteiger partial charge in [-0.3, -0.25) is 14.4 Å². The van der Waals surface area contributed by atoms with Crippen LogP contribution >= 0.6 is 0 Å². The van der Waals surface area contributed by atoms with Gasteiger partial charge in [-0.15, -0.1) is 0 Å². The van der Waals surface area contributed by atoms with E-state index in [-0.39, 0.29) is 34.6 Å². The fraction of sp³-hybridized carbons (Fsp3) is 0.167. The molecule has 0 saturated carbocycles. The molecular weight excluding hydrogens is 1040 g/mol. The summed E-state index contributed by atoms with van der Waals surface area (Å²) in [6.45, 7) is 11.8. The van der Waals surface area contributed by atoms with Crippen LogP contribution in [-0.4, -0.2) is 83.1 Å². The lowest BCUT2D eigenvalue weighted by molar-refractivity contribution is -0.401. The first-order valence-corrected chi connectivity index (χ1v) is 28.1. The van der Waals surface area contributed by atoms with Crippen LogP contribution in [0.15, 0.2) is 180 Å². The summed E-state index contributed by atoms with van der Waals surface area (Å²) in [5.74, 6) is -0.895. The van der Waals surface area contributed by atoms with Crippen molar-refractivity contribution in [1.29, 1.82) is 0 Å². The number of nitrogens with zero attached hydrogens (tertiary/aromatic N) is 6. The number of fused-ring (bicyclic) bond motifs is 6. The van der Waals surface area contributed by atoms with Gasteiger partial charge in [-0.1, -0.05) is 108 Å². The second-order valence-electron chi connectivity index (χ2n) is 22.4. The fourth-order valence-corrected chi connectivity index (χ4v) is 13.6. The molecule has 6 heterocycles. The van der Waals surface area contributed by atoms with Gasteiger partial charge in [-0.05, 0) is 57.2 Å². The number of carbonyl (C=O) groups is 3. The van der Waals surface area contributed by atoms with Crippen LogP contribution in [0.5, 0.6) is 0 Å². The number of Topliss-reactive ketones (excluding diaryl/α,β-unsaturated/α-hetero) is 3. The van der Waals surface area contributed by atoms with Gasteiger partial charge in [-0.25, -0.2) is 0 Å². The SMILES string of the molecule is CC1=[N+](C)c2ccccc2C1=C1C(=O)C(c2c(C)n(C)c3ccccc23)=C1[O-].CC1=[N+](C)c2ccccc2C1=C1C(=O)C(c2c(C)n(C)c3ccccc23)=C1[O-].CC1=[N+](C)c2ccccc2C1=C1C(=O)C(c2c(C)n(C)c3ccccc23)=C1[O-]. The molecule has 0 unspecified atom stereocenters. The molecule has 3 aliphatic heterocycles. The minimum atomic E-state index is -0.149. The summed E-state index contributed by atoms with van der Waals surface area (Å²) in [5.41, 5.74) is 21.2. The molecule has 0 amide bonds. The number of allylic oxidation sites excluding steroid dienone is 9. The highest BCUT2D eigenvalue weighted by molar-refractivity contribution is 6.49. The third kappa shape index (κ3) is 7.19. The molecule has 414 valence electrons. The van der Waals surface area contributed by atoms with Crippen molar-refractivity contribution in [2.24, 2.45) is 21.1 Å². The Bertz CT molecular complexity index is 4440. The van der Waals surface area contributed by atoms with Gasteiger partial charge in [0.2, 0.25) is 17.1 Å². The third-order valence-corrected chi connectivity index (χ3v) is 18.6. The van der Waals surface area contributed by atoms with Crippen molar-refractivity contribution in [3.05, 3.63) is 230 Å². The van der Waals surface area contributed by atoms with Crippen molar-refractivity contribution < 1.29 is 43.4 Å². The Kier molecular flexibility index (Phi) is 12.1. The summed E-state index contributed by atoms with van der Waals surface area (Å²) in [4.78, 5) is 39.8. The number of rotatable bonds is 3. The molecule has 9 aromatic rings. The van der Waals surface area contributed by atoms with Crippen LogP contribution in [0.1, 0.15) is 71.2 Å². The fourth-order valence-electron chi connectivity index (χ4n) is 13.6. The number of carbonyl (C=O) groups excluding carboxylic acids is 3. The van der Waals surface area contributed by atoms with E-state index in [4.69, 9.17) is 0 Å². The smallest absolute Gasteiger partial charge is 0.213 e. The third-order valence-electron chi connectivity index (χ3n) is 18.6.